The number of rotatable bonds is 5. The fraction of sp³-hybridized carbons (Fsp3) is 0.333. The molecule has 5 heteroatoms. The summed E-state index contributed by atoms with van der Waals surface area (Å²) in [5, 5.41) is 8.87. The molecule has 1 amide bonds. The number of benzene rings is 1. The first-order valence-corrected chi connectivity index (χ1v) is 6.45. The van der Waals surface area contributed by atoms with E-state index in [1.807, 2.05) is 6.07 Å². The Morgan fingerprint density at radius 2 is 2.35 bits per heavy atom. The summed E-state index contributed by atoms with van der Waals surface area (Å²) in [6.07, 6.45) is 3.59. The van der Waals surface area contributed by atoms with Crippen LogP contribution < -0.4 is 10.5 Å². The molecule has 1 aliphatic rings. The van der Waals surface area contributed by atoms with Gasteiger partial charge in [-0.05, 0) is 25.0 Å². The van der Waals surface area contributed by atoms with E-state index in [1.165, 1.54) is 6.08 Å². The van der Waals surface area contributed by atoms with E-state index in [1.54, 1.807) is 24.3 Å². The van der Waals surface area contributed by atoms with Gasteiger partial charge >= 0.3 is 0 Å². The highest BCUT2D eigenvalue weighted by Gasteiger charge is 2.16. The van der Waals surface area contributed by atoms with Crippen LogP contribution >= 0.6 is 0 Å². The van der Waals surface area contributed by atoms with Crippen LogP contribution in [0.4, 0.5) is 0 Å². The van der Waals surface area contributed by atoms with Crippen molar-refractivity contribution < 1.29 is 14.3 Å². The molecule has 1 heterocycles. The molecule has 5 nitrogen and oxygen atoms in total. The number of amides is 1. The van der Waals surface area contributed by atoms with Gasteiger partial charge in [-0.1, -0.05) is 18.2 Å². The Morgan fingerprint density at radius 1 is 1.55 bits per heavy atom. The average Bonchev–Trinajstić information content (AvgIpc) is 2.96. The van der Waals surface area contributed by atoms with Gasteiger partial charge in [0.25, 0.3) is 5.91 Å². The van der Waals surface area contributed by atoms with Gasteiger partial charge in [0.05, 0.1) is 6.10 Å². The maximum atomic E-state index is 11.1. The molecule has 0 saturated carbocycles. The number of hydrogen-bond donors (Lipinski definition) is 1. The fourth-order valence-corrected chi connectivity index (χ4v) is 2.00. The number of carbonyl (C=O) groups excluding carboxylic acids is 1. The molecular formula is C15H16N2O3. The zero-order chi connectivity index (χ0) is 14.4. The van der Waals surface area contributed by atoms with Crippen LogP contribution in [-0.2, 0) is 9.53 Å². The highest BCUT2D eigenvalue weighted by atomic mass is 16.5. The molecule has 20 heavy (non-hydrogen) atoms. The number of nitrogens with two attached hydrogens (primary N) is 1. The molecule has 1 aliphatic heterocycles. The highest BCUT2D eigenvalue weighted by Crippen LogP contribution is 2.22. The van der Waals surface area contributed by atoms with Gasteiger partial charge in [-0.15, -0.1) is 0 Å². The SMILES string of the molecule is N#C/C(=C/c1ccccc1OCC1CCCO1)C(N)=O. The number of ether oxygens (including phenoxy) is 2. The van der Waals surface area contributed by atoms with E-state index >= 15 is 0 Å². The van der Waals surface area contributed by atoms with Crippen LogP contribution in [0.1, 0.15) is 18.4 Å². The molecule has 104 valence electrons. The largest absolute Gasteiger partial charge is 0.490 e. The summed E-state index contributed by atoms with van der Waals surface area (Å²) >= 11 is 0. The summed E-state index contributed by atoms with van der Waals surface area (Å²) in [5.41, 5.74) is 5.68. The molecule has 1 aromatic carbocycles. The molecule has 1 fully saturated rings. The van der Waals surface area contributed by atoms with Crippen LogP contribution in [0.15, 0.2) is 29.8 Å². The summed E-state index contributed by atoms with van der Waals surface area (Å²) in [6.45, 7) is 1.24. The van der Waals surface area contributed by atoms with Crippen LogP contribution in [0.2, 0.25) is 0 Å². The van der Waals surface area contributed by atoms with Gasteiger partial charge in [-0.3, -0.25) is 4.79 Å². The van der Waals surface area contributed by atoms with Crippen molar-refractivity contribution in [3.8, 4) is 11.8 Å². The van der Waals surface area contributed by atoms with Crippen molar-refractivity contribution in [3.05, 3.63) is 35.4 Å². The summed E-state index contributed by atoms with van der Waals surface area (Å²) in [5.74, 6) is -0.140. The maximum Gasteiger partial charge on any atom is 0.259 e. The van der Waals surface area contributed by atoms with Crippen LogP contribution in [0.3, 0.4) is 0 Å². The third-order valence-electron chi connectivity index (χ3n) is 3.05. The Balaban J connectivity index is 2.13. The Labute approximate surface area is 117 Å². The number of para-hydroxylation sites is 1. The van der Waals surface area contributed by atoms with Crippen molar-refractivity contribution in [2.45, 2.75) is 18.9 Å². The first-order valence-electron chi connectivity index (χ1n) is 6.45. The molecule has 2 rings (SSSR count). The zero-order valence-electron chi connectivity index (χ0n) is 11.0. The van der Waals surface area contributed by atoms with Crippen molar-refractivity contribution in [2.24, 2.45) is 5.73 Å². The summed E-state index contributed by atoms with van der Waals surface area (Å²) in [7, 11) is 0. The molecule has 0 radical (unpaired) electrons. The van der Waals surface area contributed by atoms with Gasteiger partial charge in [-0.25, -0.2) is 0 Å². The summed E-state index contributed by atoms with van der Waals surface area (Å²) in [6, 6.07) is 8.98. The van der Waals surface area contributed by atoms with Gasteiger partial charge in [0.2, 0.25) is 0 Å². The smallest absolute Gasteiger partial charge is 0.259 e. The van der Waals surface area contributed by atoms with E-state index in [-0.39, 0.29) is 11.7 Å². The molecule has 0 aromatic heterocycles. The second-order valence-corrected chi connectivity index (χ2v) is 4.52. The number of nitriles is 1. The topological polar surface area (TPSA) is 85.3 Å². The Hall–Kier alpha value is -2.32. The number of nitrogens with zero attached hydrogens (tertiary/aromatic N) is 1. The predicted octanol–water partition coefficient (Wildman–Crippen LogP) is 1.64. The molecule has 1 unspecified atom stereocenters. The van der Waals surface area contributed by atoms with Crippen LogP contribution in [0, 0.1) is 11.3 Å². The minimum Gasteiger partial charge on any atom is -0.490 e. The van der Waals surface area contributed by atoms with E-state index in [9.17, 15) is 4.79 Å². The molecular weight excluding hydrogens is 256 g/mol. The van der Waals surface area contributed by atoms with Gasteiger partial charge < -0.3 is 15.2 Å². The lowest BCUT2D eigenvalue weighted by atomic mass is 10.1. The van der Waals surface area contributed by atoms with Crippen molar-refractivity contribution in [1.29, 1.82) is 5.26 Å². The second-order valence-electron chi connectivity index (χ2n) is 4.52. The van der Waals surface area contributed by atoms with E-state index in [0.29, 0.717) is 17.9 Å². The minimum atomic E-state index is -0.749. The normalized spacial score (nSPS) is 18.6. The van der Waals surface area contributed by atoms with Crippen molar-refractivity contribution >= 4 is 12.0 Å². The predicted molar refractivity (Wildman–Crippen MR) is 73.7 cm³/mol. The number of hydrogen-bond acceptors (Lipinski definition) is 4. The molecule has 1 aromatic rings. The van der Waals surface area contributed by atoms with Crippen molar-refractivity contribution in [3.63, 3.8) is 0 Å². The molecule has 0 spiro atoms. The number of primary amides is 1. The first-order chi connectivity index (χ1) is 9.70. The standard InChI is InChI=1S/C15H16N2O3/c16-9-12(15(17)18)8-11-4-1-2-6-14(11)20-10-13-5-3-7-19-13/h1-2,4,6,8,13H,3,5,7,10H2,(H2,17,18)/b12-8-. The first kappa shape index (κ1) is 14.1. The quantitative estimate of drug-likeness (QED) is 0.652. The van der Waals surface area contributed by atoms with Gasteiger partial charge in [0.15, 0.2) is 0 Å². The summed E-state index contributed by atoms with van der Waals surface area (Å²) < 4.78 is 11.2. The molecule has 0 aliphatic carbocycles. The third-order valence-corrected chi connectivity index (χ3v) is 3.05. The van der Waals surface area contributed by atoms with E-state index in [2.05, 4.69) is 0 Å². The fourth-order valence-electron chi connectivity index (χ4n) is 2.00. The molecule has 0 bridgehead atoms. The Bertz CT molecular complexity index is 554. The van der Waals surface area contributed by atoms with Gasteiger partial charge in [0, 0.05) is 12.2 Å². The average molecular weight is 272 g/mol. The Morgan fingerprint density at radius 3 is 3.00 bits per heavy atom. The van der Waals surface area contributed by atoms with Crippen LogP contribution in [-0.4, -0.2) is 25.2 Å². The maximum absolute atomic E-state index is 11.1. The lowest BCUT2D eigenvalue weighted by Gasteiger charge is -2.13. The minimum absolute atomic E-state index is 0.0989. The van der Waals surface area contributed by atoms with E-state index < -0.39 is 5.91 Å². The lowest BCUT2D eigenvalue weighted by Crippen LogP contribution is -2.16. The second kappa shape index (κ2) is 6.73. The zero-order valence-corrected chi connectivity index (χ0v) is 11.0. The summed E-state index contributed by atoms with van der Waals surface area (Å²) in [4.78, 5) is 11.1. The van der Waals surface area contributed by atoms with Gasteiger partial charge in [-0.2, -0.15) is 5.26 Å². The molecule has 2 N–H and O–H groups in total. The van der Waals surface area contributed by atoms with E-state index in [4.69, 9.17) is 20.5 Å². The lowest BCUT2D eigenvalue weighted by molar-refractivity contribution is -0.114. The molecule has 1 saturated heterocycles. The number of carbonyl (C=O) groups is 1. The third kappa shape index (κ3) is 3.59. The monoisotopic (exact) mass is 272 g/mol. The van der Waals surface area contributed by atoms with Crippen LogP contribution in [0.5, 0.6) is 5.75 Å². The highest BCUT2D eigenvalue weighted by molar-refractivity contribution is 6.00. The van der Waals surface area contributed by atoms with Crippen LogP contribution in [0.25, 0.3) is 6.08 Å². The Kier molecular flexibility index (Phi) is 4.75. The van der Waals surface area contributed by atoms with E-state index in [0.717, 1.165) is 19.4 Å². The van der Waals surface area contributed by atoms with Crippen molar-refractivity contribution in [2.75, 3.05) is 13.2 Å². The van der Waals surface area contributed by atoms with Crippen molar-refractivity contribution in [1.82, 2.24) is 0 Å². The van der Waals surface area contributed by atoms with Gasteiger partial charge in [0.1, 0.15) is 24.0 Å². The molecule has 1 atom stereocenters.